The van der Waals surface area contributed by atoms with Crippen molar-refractivity contribution in [2.24, 2.45) is 0 Å². The predicted molar refractivity (Wildman–Crippen MR) is 242 cm³/mol. The molecule has 0 heterocycles. The lowest BCUT2D eigenvalue weighted by molar-refractivity contribution is 1.66. The summed E-state index contributed by atoms with van der Waals surface area (Å²) in [6.45, 7) is 7.67. The third-order valence-electron chi connectivity index (χ3n) is 11.2. The standard InChI is InChI=1S/C56H34/c1-5-13-45-49-23-21-39(29-51(49)47(15-7-3)55-33-43-27-37-19-11-9-17-35(37)25-41(43)31-53(45)55)40-22-24-50-46(14-6-2)54-32-42-26-36-18-10-12-20-38(36)28-44(42)34-56(54)48(16-8-4)52(50)30-40/h9-12,17-34H,1-4H3. The monoisotopic (exact) mass is 706 g/mol. The Morgan fingerprint density at radius 2 is 0.518 bits per heavy atom. The van der Waals surface area contributed by atoms with E-state index in [1.54, 1.807) is 0 Å². The molecule has 258 valence electrons. The number of hydrogen-bond donors (Lipinski definition) is 0. The van der Waals surface area contributed by atoms with Crippen molar-refractivity contribution >= 4 is 86.2 Å². The summed E-state index contributed by atoms with van der Waals surface area (Å²) >= 11 is 0. The maximum Gasteiger partial charge on any atom is 0.0403 e. The normalized spacial score (nSPS) is 11.0. The average Bonchev–Trinajstić information content (AvgIpc) is 3.23. The fourth-order valence-electron chi connectivity index (χ4n) is 8.73. The Hall–Kier alpha value is -7.48. The Kier molecular flexibility index (Phi) is 7.76. The highest BCUT2D eigenvalue weighted by atomic mass is 14.2. The van der Waals surface area contributed by atoms with Crippen LogP contribution in [0.4, 0.5) is 0 Å². The van der Waals surface area contributed by atoms with Gasteiger partial charge in [-0.15, -0.1) is 23.7 Å². The SMILES string of the molecule is CC#Cc1c2ccc(-c3ccc4c(C#CC)c5cc6cc7ccccc7cc6cc5c(C#CC)c4c3)cc2c(C#CC)c2cc3cc4ccccc4cc3cc12. The molecule has 0 fully saturated rings. The zero-order valence-electron chi connectivity index (χ0n) is 31.7. The molecule has 0 unspecified atom stereocenters. The largest absolute Gasteiger partial charge is 0.101 e. The lowest BCUT2D eigenvalue weighted by Gasteiger charge is -2.16. The highest BCUT2D eigenvalue weighted by Gasteiger charge is 2.18. The van der Waals surface area contributed by atoms with Gasteiger partial charge in [-0.2, -0.15) is 0 Å². The molecule has 0 aliphatic heterocycles. The van der Waals surface area contributed by atoms with Gasteiger partial charge in [0.1, 0.15) is 0 Å². The van der Waals surface area contributed by atoms with E-state index in [0.29, 0.717) is 0 Å². The van der Waals surface area contributed by atoms with E-state index in [4.69, 9.17) is 0 Å². The van der Waals surface area contributed by atoms with Crippen molar-refractivity contribution in [3.8, 4) is 58.5 Å². The van der Waals surface area contributed by atoms with Crippen LogP contribution in [0, 0.1) is 47.4 Å². The summed E-state index contributed by atoms with van der Waals surface area (Å²) in [5.74, 6) is 27.0. The molecular weight excluding hydrogens is 673 g/mol. The molecule has 0 radical (unpaired) electrons. The molecule has 0 aliphatic carbocycles. The minimum absolute atomic E-state index is 1.03. The smallest absolute Gasteiger partial charge is 0.0403 e. The van der Waals surface area contributed by atoms with Gasteiger partial charge in [-0.25, -0.2) is 0 Å². The Morgan fingerprint density at radius 3 is 0.804 bits per heavy atom. The van der Waals surface area contributed by atoms with Crippen molar-refractivity contribution in [3.05, 3.63) is 156 Å². The Balaban J connectivity index is 1.25. The molecule has 0 N–H and O–H groups in total. The third-order valence-corrected chi connectivity index (χ3v) is 11.2. The molecule has 0 spiro atoms. The summed E-state index contributed by atoms with van der Waals surface area (Å²) < 4.78 is 0. The molecular formula is C56H34. The molecule has 56 heavy (non-hydrogen) atoms. The molecule has 0 nitrogen and oxygen atoms in total. The Labute approximate surface area is 326 Å². The molecule has 0 aliphatic rings. The molecule has 0 amide bonds. The van der Waals surface area contributed by atoms with E-state index >= 15 is 0 Å². The second kappa shape index (κ2) is 13.1. The maximum absolute atomic E-state index is 3.53. The lowest BCUT2D eigenvalue weighted by Crippen LogP contribution is -1.94. The van der Waals surface area contributed by atoms with Crippen LogP contribution in [-0.2, 0) is 0 Å². The van der Waals surface area contributed by atoms with Gasteiger partial charge in [0.15, 0.2) is 0 Å². The van der Waals surface area contributed by atoms with Gasteiger partial charge < -0.3 is 0 Å². The van der Waals surface area contributed by atoms with Crippen LogP contribution in [0.15, 0.2) is 133 Å². The highest BCUT2D eigenvalue weighted by Crippen LogP contribution is 2.41. The molecule has 0 saturated heterocycles. The Morgan fingerprint density at radius 1 is 0.250 bits per heavy atom. The second-order valence-corrected chi connectivity index (χ2v) is 14.4. The number of benzene rings is 10. The minimum atomic E-state index is 1.03. The van der Waals surface area contributed by atoms with Gasteiger partial charge >= 0.3 is 0 Å². The van der Waals surface area contributed by atoms with E-state index in [-0.39, 0.29) is 0 Å². The van der Waals surface area contributed by atoms with Crippen LogP contribution in [0.2, 0.25) is 0 Å². The third kappa shape index (κ3) is 5.17. The Bertz CT molecular complexity index is 3400. The van der Waals surface area contributed by atoms with Crippen LogP contribution in [0.25, 0.3) is 97.3 Å². The summed E-state index contributed by atoms with van der Waals surface area (Å²) in [5.41, 5.74) is 6.36. The number of fused-ring (bicyclic) bond motifs is 8. The topological polar surface area (TPSA) is 0 Å². The molecule has 10 aromatic rings. The van der Waals surface area contributed by atoms with Crippen LogP contribution in [0.3, 0.4) is 0 Å². The maximum atomic E-state index is 3.53. The van der Waals surface area contributed by atoms with Crippen LogP contribution in [0.1, 0.15) is 49.9 Å². The molecule has 0 saturated carbocycles. The van der Waals surface area contributed by atoms with Gasteiger partial charge in [0.25, 0.3) is 0 Å². The van der Waals surface area contributed by atoms with Crippen LogP contribution >= 0.6 is 0 Å². The van der Waals surface area contributed by atoms with E-state index < -0.39 is 0 Å². The van der Waals surface area contributed by atoms with Crippen LogP contribution in [-0.4, -0.2) is 0 Å². The van der Waals surface area contributed by atoms with Gasteiger partial charge in [0.05, 0.1) is 0 Å². The first kappa shape index (κ1) is 33.1. The molecule has 0 atom stereocenters. The summed E-state index contributed by atoms with van der Waals surface area (Å²) in [7, 11) is 0. The fraction of sp³-hybridized carbons (Fsp3) is 0.0714. The minimum Gasteiger partial charge on any atom is -0.101 e. The summed E-state index contributed by atoms with van der Waals surface area (Å²) in [4.78, 5) is 0. The van der Waals surface area contributed by atoms with E-state index in [1.807, 2.05) is 27.7 Å². The quantitative estimate of drug-likeness (QED) is 0.118. The van der Waals surface area contributed by atoms with Crippen LogP contribution < -0.4 is 0 Å². The molecule has 10 aromatic carbocycles. The predicted octanol–water partition coefficient (Wildman–Crippen LogP) is 14.1. The van der Waals surface area contributed by atoms with Gasteiger partial charge in [0.2, 0.25) is 0 Å². The van der Waals surface area contributed by atoms with E-state index in [0.717, 1.165) is 76.5 Å². The van der Waals surface area contributed by atoms with Gasteiger partial charge in [-0.1, -0.05) is 96.5 Å². The highest BCUT2D eigenvalue weighted by molar-refractivity contribution is 6.17. The number of rotatable bonds is 1. The van der Waals surface area contributed by atoms with Crippen molar-refractivity contribution in [3.63, 3.8) is 0 Å². The van der Waals surface area contributed by atoms with Gasteiger partial charge in [-0.05, 0) is 186 Å². The molecule has 0 heteroatoms. The first-order valence-corrected chi connectivity index (χ1v) is 19.0. The van der Waals surface area contributed by atoms with E-state index in [2.05, 4.69) is 181 Å². The van der Waals surface area contributed by atoms with Crippen molar-refractivity contribution < 1.29 is 0 Å². The average molecular weight is 707 g/mol. The van der Waals surface area contributed by atoms with Gasteiger partial charge in [-0.3, -0.25) is 0 Å². The fourth-order valence-corrected chi connectivity index (χ4v) is 8.73. The number of hydrogen-bond acceptors (Lipinski definition) is 0. The summed E-state index contributed by atoms with van der Waals surface area (Å²) in [6, 6.07) is 49.0. The zero-order chi connectivity index (χ0) is 37.9. The van der Waals surface area contributed by atoms with Crippen molar-refractivity contribution in [1.29, 1.82) is 0 Å². The first-order chi connectivity index (χ1) is 27.6. The second-order valence-electron chi connectivity index (χ2n) is 14.4. The van der Waals surface area contributed by atoms with Crippen molar-refractivity contribution in [2.75, 3.05) is 0 Å². The molecule has 0 bridgehead atoms. The van der Waals surface area contributed by atoms with Crippen molar-refractivity contribution in [1.82, 2.24) is 0 Å². The summed E-state index contributed by atoms with van der Waals surface area (Å²) in [6.07, 6.45) is 0. The summed E-state index contributed by atoms with van der Waals surface area (Å²) in [5, 5.41) is 18.6. The first-order valence-electron chi connectivity index (χ1n) is 19.0. The zero-order valence-corrected chi connectivity index (χ0v) is 31.7. The lowest BCUT2D eigenvalue weighted by atomic mass is 9.86. The van der Waals surface area contributed by atoms with E-state index in [9.17, 15) is 0 Å². The van der Waals surface area contributed by atoms with E-state index in [1.165, 1.54) is 43.1 Å². The van der Waals surface area contributed by atoms with Crippen molar-refractivity contribution in [2.45, 2.75) is 27.7 Å². The van der Waals surface area contributed by atoms with Crippen LogP contribution in [0.5, 0.6) is 0 Å². The van der Waals surface area contributed by atoms with Gasteiger partial charge in [0, 0.05) is 22.3 Å². The molecule has 0 aromatic heterocycles. The molecule has 10 rings (SSSR count).